The second-order valence-corrected chi connectivity index (χ2v) is 4.77. The van der Waals surface area contributed by atoms with Gasteiger partial charge in [-0.15, -0.1) is 0 Å². The molecule has 0 amide bonds. The van der Waals surface area contributed by atoms with Crippen molar-refractivity contribution in [2.45, 2.75) is 6.92 Å². The molecule has 5 heteroatoms. The molecular weight excluding hydrogens is 274 g/mol. The highest BCUT2D eigenvalue weighted by molar-refractivity contribution is 5.64. The van der Waals surface area contributed by atoms with Crippen LogP contribution in [0.15, 0.2) is 55.0 Å². The van der Waals surface area contributed by atoms with E-state index >= 15 is 0 Å². The van der Waals surface area contributed by atoms with Crippen LogP contribution in [0.2, 0.25) is 0 Å². The van der Waals surface area contributed by atoms with Gasteiger partial charge in [0.25, 0.3) is 0 Å². The van der Waals surface area contributed by atoms with Crippen LogP contribution < -0.4 is 5.32 Å². The molecule has 2 aromatic heterocycles. The summed E-state index contributed by atoms with van der Waals surface area (Å²) in [6, 6.07) is 13.2. The van der Waals surface area contributed by atoms with Crippen molar-refractivity contribution in [3.8, 4) is 17.3 Å². The molecule has 106 valence electrons. The summed E-state index contributed by atoms with van der Waals surface area (Å²) in [6.07, 6.45) is 5.18. The van der Waals surface area contributed by atoms with E-state index in [1.165, 1.54) is 0 Å². The van der Waals surface area contributed by atoms with Gasteiger partial charge in [-0.3, -0.25) is 4.98 Å². The van der Waals surface area contributed by atoms with E-state index in [9.17, 15) is 0 Å². The van der Waals surface area contributed by atoms with Gasteiger partial charge in [-0.1, -0.05) is 6.07 Å². The molecule has 1 aromatic carbocycles. The number of nitrogens with one attached hydrogen (secondary N) is 1. The zero-order valence-corrected chi connectivity index (χ0v) is 12.0. The maximum atomic E-state index is 9.00. The lowest BCUT2D eigenvalue weighted by molar-refractivity contribution is 1.16. The van der Waals surface area contributed by atoms with E-state index in [1.807, 2.05) is 31.2 Å². The normalized spacial score (nSPS) is 10.0. The van der Waals surface area contributed by atoms with Crippen LogP contribution in [0.1, 0.15) is 11.1 Å². The van der Waals surface area contributed by atoms with Gasteiger partial charge in [0, 0.05) is 29.8 Å². The summed E-state index contributed by atoms with van der Waals surface area (Å²) in [7, 11) is 0. The molecule has 0 aliphatic rings. The minimum absolute atomic E-state index is 0.486. The number of hydrogen-bond donors (Lipinski definition) is 1. The van der Waals surface area contributed by atoms with Crippen molar-refractivity contribution in [3.63, 3.8) is 0 Å². The third-order valence-corrected chi connectivity index (χ3v) is 3.23. The summed E-state index contributed by atoms with van der Waals surface area (Å²) >= 11 is 0. The molecule has 0 radical (unpaired) electrons. The van der Waals surface area contributed by atoms with Gasteiger partial charge in [-0.05, 0) is 42.8 Å². The van der Waals surface area contributed by atoms with Gasteiger partial charge < -0.3 is 5.32 Å². The van der Waals surface area contributed by atoms with Crippen molar-refractivity contribution >= 4 is 11.6 Å². The lowest BCUT2D eigenvalue weighted by Gasteiger charge is -2.09. The van der Waals surface area contributed by atoms with Crippen LogP contribution in [0.5, 0.6) is 0 Å². The topological polar surface area (TPSA) is 74.5 Å². The number of benzene rings is 1. The fourth-order valence-electron chi connectivity index (χ4n) is 2.04. The number of pyridine rings is 1. The van der Waals surface area contributed by atoms with Crippen LogP contribution in [-0.4, -0.2) is 15.0 Å². The maximum Gasteiger partial charge on any atom is 0.227 e. The SMILES string of the molecule is Cc1ccc(C#N)cc1Nc1nccc(-c2cccnc2)n1. The summed E-state index contributed by atoms with van der Waals surface area (Å²) in [6.45, 7) is 1.97. The van der Waals surface area contributed by atoms with E-state index < -0.39 is 0 Å². The molecule has 0 unspecified atom stereocenters. The molecule has 0 saturated heterocycles. The molecule has 0 aliphatic heterocycles. The third-order valence-electron chi connectivity index (χ3n) is 3.23. The largest absolute Gasteiger partial charge is 0.324 e. The Morgan fingerprint density at radius 3 is 2.82 bits per heavy atom. The van der Waals surface area contributed by atoms with Gasteiger partial charge in [-0.25, -0.2) is 9.97 Å². The number of hydrogen-bond acceptors (Lipinski definition) is 5. The highest BCUT2D eigenvalue weighted by atomic mass is 15.1. The monoisotopic (exact) mass is 287 g/mol. The Kier molecular flexibility index (Phi) is 3.75. The molecule has 0 bridgehead atoms. The van der Waals surface area contributed by atoms with Crippen LogP contribution in [0.25, 0.3) is 11.3 Å². The molecular formula is C17H13N5. The predicted octanol–water partition coefficient (Wildman–Crippen LogP) is 3.46. The maximum absolute atomic E-state index is 9.00. The van der Waals surface area contributed by atoms with Gasteiger partial charge >= 0.3 is 0 Å². The molecule has 22 heavy (non-hydrogen) atoms. The average Bonchev–Trinajstić information content (AvgIpc) is 2.58. The third kappa shape index (κ3) is 2.91. The van der Waals surface area contributed by atoms with Crippen molar-refractivity contribution in [2.24, 2.45) is 0 Å². The smallest absolute Gasteiger partial charge is 0.227 e. The quantitative estimate of drug-likeness (QED) is 0.798. The fourth-order valence-corrected chi connectivity index (χ4v) is 2.04. The van der Waals surface area contributed by atoms with Crippen molar-refractivity contribution in [3.05, 3.63) is 66.1 Å². The minimum Gasteiger partial charge on any atom is -0.324 e. The summed E-state index contributed by atoms with van der Waals surface area (Å²) in [5, 5.41) is 12.2. The molecule has 0 atom stereocenters. The van der Waals surface area contributed by atoms with E-state index in [-0.39, 0.29) is 0 Å². The summed E-state index contributed by atoms with van der Waals surface area (Å²) in [5.74, 6) is 0.486. The molecule has 1 N–H and O–H groups in total. The van der Waals surface area contributed by atoms with Crippen LogP contribution in [0, 0.1) is 18.3 Å². The molecule has 3 rings (SSSR count). The van der Waals surface area contributed by atoms with Gasteiger partial charge in [0.05, 0.1) is 17.3 Å². The molecule has 0 saturated carbocycles. The zero-order valence-electron chi connectivity index (χ0n) is 12.0. The number of nitrogens with zero attached hydrogens (tertiary/aromatic N) is 4. The standard InChI is InChI=1S/C17H13N5/c1-12-4-5-13(10-18)9-16(12)22-17-20-8-6-15(21-17)14-3-2-7-19-11-14/h2-9,11H,1H3,(H,20,21,22). The van der Waals surface area contributed by atoms with Gasteiger partial charge in [0.15, 0.2) is 0 Å². The van der Waals surface area contributed by atoms with Crippen molar-refractivity contribution in [1.82, 2.24) is 15.0 Å². The van der Waals surface area contributed by atoms with Gasteiger partial charge in [0.2, 0.25) is 5.95 Å². The number of rotatable bonds is 3. The summed E-state index contributed by atoms with van der Waals surface area (Å²) in [4.78, 5) is 12.8. The fraction of sp³-hybridized carbons (Fsp3) is 0.0588. The molecule has 2 heterocycles. The van der Waals surface area contributed by atoms with E-state index in [2.05, 4.69) is 26.3 Å². The first-order valence-electron chi connectivity index (χ1n) is 6.77. The van der Waals surface area contributed by atoms with Crippen LogP contribution in [-0.2, 0) is 0 Å². The van der Waals surface area contributed by atoms with E-state index in [1.54, 1.807) is 30.7 Å². The van der Waals surface area contributed by atoms with Crippen LogP contribution >= 0.6 is 0 Å². The molecule has 5 nitrogen and oxygen atoms in total. The Balaban J connectivity index is 1.93. The zero-order chi connectivity index (χ0) is 15.4. The second kappa shape index (κ2) is 6.02. The Labute approximate surface area is 128 Å². The average molecular weight is 287 g/mol. The van der Waals surface area contributed by atoms with E-state index in [0.717, 1.165) is 22.5 Å². The van der Waals surface area contributed by atoms with Crippen molar-refractivity contribution in [1.29, 1.82) is 5.26 Å². The predicted molar refractivity (Wildman–Crippen MR) is 84.4 cm³/mol. The summed E-state index contributed by atoms with van der Waals surface area (Å²) < 4.78 is 0. The first-order valence-corrected chi connectivity index (χ1v) is 6.77. The van der Waals surface area contributed by atoms with Gasteiger partial charge in [-0.2, -0.15) is 5.26 Å². The number of anilines is 2. The van der Waals surface area contributed by atoms with E-state index in [4.69, 9.17) is 5.26 Å². The minimum atomic E-state index is 0.486. The Morgan fingerprint density at radius 1 is 1.14 bits per heavy atom. The highest BCUT2D eigenvalue weighted by Crippen LogP contribution is 2.21. The number of nitriles is 1. The Morgan fingerprint density at radius 2 is 2.05 bits per heavy atom. The first kappa shape index (κ1) is 13.7. The molecule has 0 fully saturated rings. The Hall–Kier alpha value is -3.26. The lowest BCUT2D eigenvalue weighted by Crippen LogP contribution is -2.00. The van der Waals surface area contributed by atoms with Crippen LogP contribution in [0.3, 0.4) is 0 Å². The van der Waals surface area contributed by atoms with Crippen molar-refractivity contribution in [2.75, 3.05) is 5.32 Å². The number of aromatic nitrogens is 3. The molecule has 0 spiro atoms. The Bertz CT molecular complexity index is 837. The van der Waals surface area contributed by atoms with E-state index in [0.29, 0.717) is 11.5 Å². The molecule has 3 aromatic rings. The lowest BCUT2D eigenvalue weighted by atomic mass is 10.1. The highest BCUT2D eigenvalue weighted by Gasteiger charge is 2.05. The number of aryl methyl sites for hydroxylation is 1. The molecule has 0 aliphatic carbocycles. The van der Waals surface area contributed by atoms with Crippen LogP contribution in [0.4, 0.5) is 11.6 Å². The first-order chi connectivity index (χ1) is 10.8. The summed E-state index contributed by atoms with van der Waals surface area (Å²) in [5.41, 5.74) is 4.16. The second-order valence-electron chi connectivity index (χ2n) is 4.77. The van der Waals surface area contributed by atoms with Crippen molar-refractivity contribution < 1.29 is 0 Å². The van der Waals surface area contributed by atoms with Gasteiger partial charge in [0.1, 0.15) is 0 Å².